The SMILES string of the molecule is CC1(C)C2CCC1(C)C(NCc1c(O)cccc1Cl)C2. The first kappa shape index (κ1) is 14.2. The average molecular weight is 294 g/mol. The van der Waals surface area contributed by atoms with Crippen LogP contribution in [-0.4, -0.2) is 11.1 Å². The first-order chi connectivity index (χ1) is 9.36. The second-order valence-corrected chi connectivity index (χ2v) is 7.69. The Bertz CT molecular complexity index is 507. The summed E-state index contributed by atoms with van der Waals surface area (Å²) in [6.07, 6.45) is 3.91. The summed E-state index contributed by atoms with van der Waals surface area (Å²) in [5.74, 6) is 1.11. The third-order valence-corrected chi connectivity index (χ3v) is 6.77. The molecule has 0 amide bonds. The number of phenolic OH excluding ortho intramolecular Hbond substituents is 1. The largest absolute Gasteiger partial charge is 0.508 e. The van der Waals surface area contributed by atoms with Crippen LogP contribution >= 0.6 is 11.6 Å². The van der Waals surface area contributed by atoms with Crippen LogP contribution in [0.25, 0.3) is 0 Å². The van der Waals surface area contributed by atoms with Crippen molar-refractivity contribution in [3.05, 3.63) is 28.8 Å². The molecule has 2 saturated carbocycles. The van der Waals surface area contributed by atoms with Crippen molar-refractivity contribution in [1.82, 2.24) is 5.32 Å². The molecule has 0 radical (unpaired) electrons. The first-order valence-electron chi connectivity index (χ1n) is 7.56. The molecule has 0 spiro atoms. The minimum Gasteiger partial charge on any atom is -0.508 e. The fourth-order valence-corrected chi connectivity index (χ4v) is 4.70. The smallest absolute Gasteiger partial charge is 0.121 e. The lowest BCUT2D eigenvalue weighted by Crippen LogP contribution is -2.44. The van der Waals surface area contributed by atoms with Gasteiger partial charge >= 0.3 is 0 Å². The van der Waals surface area contributed by atoms with E-state index >= 15 is 0 Å². The number of fused-ring (bicyclic) bond motifs is 2. The standard InChI is InChI=1S/C17H24ClNO/c1-16(2)11-7-8-17(16,3)15(9-11)19-10-12-13(18)5-4-6-14(12)20/h4-6,11,15,19-20H,7-10H2,1-3H3. The summed E-state index contributed by atoms with van der Waals surface area (Å²) in [6.45, 7) is 7.90. The zero-order valence-corrected chi connectivity index (χ0v) is 13.3. The van der Waals surface area contributed by atoms with E-state index in [-0.39, 0.29) is 5.75 Å². The molecule has 3 heteroatoms. The van der Waals surface area contributed by atoms with Crippen LogP contribution in [0.3, 0.4) is 0 Å². The van der Waals surface area contributed by atoms with Gasteiger partial charge in [-0.25, -0.2) is 0 Å². The van der Waals surface area contributed by atoms with Gasteiger partial charge < -0.3 is 10.4 Å². The van der Waals surface area contributed by atoms with Gasteiger partial charge in [-0.1, -0.05) is 38.4 Å². The van der Waals surface area contributed by atoms with Gasteiger partial charge in [0.1, 0.15) is 5.75 Å². The van der Waals surface area contributed by atoms with E-state index < -0.39 is 0 Å². The van der Waals surface area contributed by atoms with Gasteiger partial charge in [0.25, 0.3) is 0 Å². The van der Waals surface area contributed by atoms with Crippen molar-refractivity contribution in [3.63, 3.8) is 0 Å². The number of rotatable bonds is 3. The Morgan fingerprint density at radius 2 is 2.10 bits per heavy atom. The van der Waals surface area contributed by atoms with Gasteiger partial charge in [0, 0.05) is 23.2 Å². The number of aromatic hydroxyl groups is 1. The van der Waals surface area contributed by atoms with Crippen LogP contribution in [-0.2, 0) is 6.54 Å². The quantitative estimate of drug-likeness (QED) is 0.868. The Kier molecular flexibility index (Phi) is 3.30. The number of hydrogen-bond acceptors (Lipinski definition) is 2. The molecule has 3 unspecified atom stereocenters. The summed E-state index contributed by atoms with van der Waals surface area (Å²) < 4.78 is 0. The van der Waals surface area contributed by atoms with Crippen molar-refractivity contribution in [2.45, 2.75) is 52.6 Å². The maximum Gasteiger partial charge on any atom is 0.121 e. The Morgan fingerprint density at radius 3 is 2.65 bits per heavy atom. The minimum atomic E-state index is 0.289. The third kappa shape index (κ3) is 1.88. The Balaban J connectivity index is 1.75. The van der Waals surface area contributed by atoms with Gasteiger partial charge in [0.05, 0.1) is 0 Å². The summed E-state index contributed by atoms with van der Waals surface area (Å²) in [4.78, 5) is 0. The normalized spacial score (nSPS) is 34.6. The lowest BCUT2D eigenvalue weighted by Gasteiger charge is -2.39. The van der Waals surface area contributed by atoms with Gasteiger partial charge in [-0.2, -0.15) is 0 Å². The summed E-state index contributed by atoms with van der Waals surface area (Å²) >= 11 is 6.18. The average Bonchev–Trinajstić information content (AvgIpc) is 2.71. The van der Waals surface area contributed by atoms with E-state index in [9.17, 15) is 5.11 Å². The molecule has 2 N–H and O–H groups in total. The second kappa shape index (κ2) is 4.64. The summed E-state index contributed by atoms with van der Waals surface area (Å²) in [7, 11) is 0. The molecule has 1 aromatic carbocycles. The molecule has 0 heterocycles. The maximum absolute atomic E-state index is 9.94. The Morgan fingerprint density at radius 1 is 1.35 bits per heavy atom. The van der Waals surface area contributed by atoms with Crippen LogP contribution in [0.1, 0.15) is 45.6 Å². The van der Waals surface area contributed by atoms with E-state index in [2.05, 4.69) is 26.1 Å². The van der Waals surface area contributed by atoms with Crippen molar-refractivity contribution < 1.29 is 5.11 Å². The van der Waals surface area contributed by atoms with Gasteiger partial charge in [-0.3, -0.25) is 0 Å². The van der Waals surface area contributed by atoms with E-state index in [0.29, 0.717) is 28.4 Å². The Labute approximate surface area is 126 Å². The molecular weight excluding hydrogens is 270 g/mol. The molecule has 0 saturated heterocycles. The van der Waals surface area contributed by atoms with E-state index in [1.54, 1.807) is 12.1 Å². The van der Waals surface area contributed by atoms with E-state index in [4.69, 9.17) is 11.6 Å². The van der Waals surface area contributed by atoms with Crippen molar-refractivity contribution >= 4 is 11.6 Å². The molecule has 3 atom stereocenters. The van der Waals surface area contributed by atoms with Crippen LogP contribution in [0.15, 0.2) is 18.2 Å². The van der Waals surface area contributed by atoms with E-state index in [1.165, 1.54) is 19.3 Å². The zero-order valence-electron chi connectivity index (χ0n) is 12.5. The van der Waals surface area contributed by atoms with Gasteiger partial charge in [0.15, 0.2) is 0 Å². The van der Waals surface area contributed by atoms with Gasteiger partial charge in [-0.15, -0.1) is 0 Å². The number of halogens is 1. The highest BCUT2D eigenvalue weighted by molar-refractivity contribution is 6.31. The number of nitrogens with one attached hydrogen (secondary N) is 1. The third-order valence-electron chi connectivity index (χ3n) is 6.41. The number of benzene rings is 1. The Hall–Kier alpha value is -0.730. The molecule has 2 aliphatic carbocycles. The molecular formula is C17H24ClNO. The lowest BCUT2D eigenvalue weighted by molar-refractivity contribution is 0.120. The number of hydrogen-bond donors (Lipinski definition) is 2. The van der Waals surface area contributed by atoms with Crippen LogP contribution in [0.5, 0.6) is 5.75 Å². The van der Waals surface area contributed by atoms with Crippen LogP contribution < -0.4 is 5.32 Å². The molecule has 20 heavy (non-hydrogen) atoms. The zero-order chi connectivity index (χ0) is 14.5. The summed E-state index contributed by atoms with van der Waals surface area (Å²) in [5.41, 5.74) is 1.58. The lowest BCUT2D eigenvalue weighted by atomic mass is 9.69. The highest BCUT2D eigenvalue weighted by Crippen LogP contribution is 2.65. The van der Waals surface area contributed by atoms with Crippen molar-refractivity contribution in [3.8, 4) is 5.75 Å². The van der Waals surface area contributed by atoms with Crippen molar-refractivity contribution in [1.29, 1.82) is 0 Å². The molecule has 110 valence electrons. The predicted octanol–water partition coefficient (Wildman–Crippen LogP) is 4.35. The van der Waals surface area contributed by atoms with Gasteiger partial charge in [-0.05, 0) is 48.1 Å². The fraction of sp³-hybridized carbons (Fsp3) is 0.647. The van der Waals surface area contributed by atoms with Crippen molar-refractivity contribution in [2.24, 2.45) is 16.7 Å². The first-order valence-corrected chi connectivity index (χ1v) is 7.94. The monoisotopic (exact) mass is 293 g/mol. The molecule has 2 bridgehead atoms. The molecule has 0 aliphatic heterocycles. The minimum absolute atomic E-state index is 0.289. The topological polar surface area (TPSA) is 32.3 Å². The molecule has 1 aromatic rings. The summed E-state index contributed by atoms with van der Waals surface area (Å²) in [6, 6.07) is 5.84. The van der Waals surface area contributed by atoms with Crippen molar-refractivity contribution in [2.75, 3.05) is 0 Å². The van der Waals surface area contributed by atoms with E-state index in [0.717, 1.165) is 11.5 Å². The fourth-order valence-electron chi connectivity index (χ4n) is 4.46. The van der Waals surface area contributed by atoms with Crippen LogP contribution in [0.2, 0.25) is 5.02 Å². The molecule has 3 rings (SSSR count). The number of phenols is 1. The highest BCUT2D eigenvalue weighted by Gasteiger charge is 2.60. The maximum atomic E-state index is 9.94. The summed E-state index contributed by atoms with van der Waals surface area (Å²) in [5, 5.41) is 14.2. The van der Waals surface area contributed by atoms with Crippen LogP contribution in [0, 0.1) is 16.7 Å². The predicted molar refractivity (Wildman–Crippen MR) is 83.0 cm³/mol. The van der Waals surface area contributed by atoms with Crippen LogP contribution in [0.4, 0.5) is 0 Å². The van der Waals surface area contributed by atoms with E-state index in [1.807, 2.05) is 6.07 Å². The molecule has 2 fully saturated rings. The second-order valence-electron chi connectivity index (χ2n) is 7.28. The highest BCUT2D eigenvalue weighted by atomic mass is 35.5. The molecule has 2 aliphatic rings. The molecule has 0 aromatic heterocycles. The van der Waals surface area contributed by atoms with Gasteiger partial charge in [0.2, 0.25) is 0 Å². The molecule has 2 nitrogen and oxygen atoms in total.